The Morgan fingerprint density at radius 2 is 1.81 bits per heavy atom. The van der Waals surface area contributed by atoms with Gasteiger partial charge in [0.05, 0.1) is 6.10 Å². The van der Waals surface area contributed by atoms with Crippen LogP contribution >= 0.6 is 22.6 Å². The van der Waals surface area contributed by atoms with Crippen LogP contribution in [0.2, 0.25) is 0 Å². The zero-order chi connectivity index (χ0) is 14.8. The zero-order valence-electron chi connectivity index (χ0n) is 13.2. The molecule has 0 radical (unpaired) electrons. The highest BCUT2D eigenvalue weighted by Crippen LogP contribution is 2.65. The van der Waals surface area contributed by atoms with Crippen LogP contribution in [-0.2, 0) is 0 Å². The molecule has 21 heavy (non-hydrogen) atoms. The fourth-order valence-corrected chi connectivity index (χ4v) is 7.08. The van der Waals surface area contributed by atoms with Gasteiger partial charge in [-0.25, -0.2) is 0 Å². The SMILES string of the molecule is CC12CCC(O)CC1=CCC1C2CCC2(C)C(I)=CC[C@@H]12. The van der Waals surface area contributed by atoms with Gasteiger partial charge >= 0.3 is 0 Å². The van der Waals surface area contributed by atoms with Crippen molar-refractivity contribution in [2.45, 2.75) is 64.9 Å². The van der Waals surface area contributed by atoms with Crippen LogP contribution in [-0.4, -0.2) is 11.2 Å². The Labute approximate surface area is 142 Å². The maximum absolute atomic E-state index is 10.0. The van der Waals surface area contributed by atoms with Crippen molar-refractivity contribution in [1.29, 1.82) is 0 Å². The molecule has 1 nitrogen and oxygen atoms in total. The predicted molar refractivity (Wildman–Crippen MR) is 95.2 cm³/mol. The van der Waals surface area contributed by atoms with Gasteiger partial charge in [0.1, 0.15) is 0 Å². The van der Waals surface area contributed by atoms with Gasteiger partial charge in [-0.15, -0.1) is 0 Å². The third-order valence-corrected chi connectivity index (χ3v) is 9.24. The number of hydrogen-bond donors (Lipinski definition) is 1. The molecular formula is C19H27IO. The van der Waals surface area contributed by atoms with Crippen molar-refractivity contribution in [2.24, 2.45) is 28.6 Å². The smallest absolute Gasteiger partial charge is 0.0577 e. The first-order chi connectivity index (χ1) is 9.95. The largest absolute Gasteiger partial charge is 0.393 e. The first kappa shape index (κ1) is 14.7. The molecule has 116 valence electrons. The van der Waals surface area contributed by atoms with Crippen molar-refractivity contribution in [3.8, 4) is 0 Å². The van der Waals surface area contributed by atoms with Crippen molar-refractivity contribution >= 4 is 22.6 Å². The van der Waals surface area contributed by atoms with Crippen LogP contribution < -0.4 is 0 Å². The number of fused-ring (bicyclic) bond motifs is 5. The molecule has 4 aliphatic rings. The number of aliphatic hydroxyl groups is 1. The number of hydrogen-bond acceptors (Lipinski definition) is 1. The van der Waals surface area contributed by atoms with Gasteiger partial charge in [-0.3, -0.25) is 0 Å². The number of halogens is 1. The summed E-state index contributed by atoms with van der Waals surface area (Å²) in [6.45, 7) is 5.03. The van der Waals surface area contributed by atoms with Crippen LogP contribution in [0.15, 0.2) is 21.3 Å². The molecule has 0 aromatic carbocycles. The summed E-state index contributed by atoms with van der Waals surface area (Å²) in [5.74, 6) is 2.60. The lowest BCUT2D eigenvalue weighted by molar-refractivity contribution is -0.0268. The van der Waals surface area contributed by atoms with Crippen molar-refractivity contribution in [3.05, 3.63) is 21.3 Å². The Bertz CT molecular complexity index is 522. The van der Waals surface area contributed by atoms with Crippen LogP contribution in [0.25, 0.3) is 0 Å². The molecule has 0 bridgehead atoms. The van der Waals surface area contributed by atoms with Crippen LogP contribution in [0.4, 0.5) is 0 Å². The molecule has 4 aliphatic carbocycles. The molecule has 0 heterocycles. The van der Waals surface area contributed by atoms with Crippen LogP contribution in [0.5, 0.6) is 0 Å². The highest BCUT2D eigenvalue weighted by atomic mass is 127. The summed E-state index contributed by atoms with van der Waals surface area (Å²) < 4.78 is 1.63. The van der Waals surface area contributed by atoms with Gasteiger partial charge in [0.2, 0.25) is 0 Å². The molecule has 2 fully saturated rings. The normalized spacial score (nSPS) is 52.4. The summed E-state index contributed by atoms with van der Waals surface area (Å²) in [5.41, 5.74) is 2.45. The van der Waals surface area contributed by atoms with Gasteiger partial charge in [-0.05, 0) is 94.3 Å². The topological polar surface area (TPSA) is 20.2 Å². The third kappa shape index (κ3) is 1.97. The lowest BCUT2D eigenvalue weighted by atomic mass is 9.48. The number of allylic oxidation sites excluding steroid dienone is 3. The molecule has 2 heteroatoms. The average Bonchev–Trinajstić information content (AvgIpc) is 2.76. The molecule has 2 saturated carbocycles. The molecule has 4 rings (SSSR count). The summed E-state index contributed by atoms with van der Waals surface area (Å²) in [6, 6.07) is 0. The van der Waals surface area contributed by atoms with E-state index in [1.807, 2.05) is 0 Å². The fourth-order valence-electron chi connectivity index (χ4n) is 6.16. The van der Waals surface area contributed by atoms with Gasteiger partial charge in [-0.2, -0.15) is 0 Å². The Hall–Kier alpha value is 0.170. The summed E-state index contributed by atoms with van der Waals surface area (Å²) in [5, 5.41) is 10.0. The first-order valence-corrected chi connectivity index (χ1v) is 9.77. The molecular weight excluding hydrogens is 371 g/mol. The molecule has 0 aromatic rings. The maximum Gasteiger partial charge on any atom is 0.0577 e. The van der Waals surface area contributed by atoms with E-state index < -0.39 is 0 Å². The van der Waals surface area contributed by atoms with E-state index in [0.29, 0.717) is 10.8 Å². The van der Waals surface area contributed by atoms with E-state index in [9.17, 15) is 5.11 Å². The molecule has 0 aromatic heterocycles. The monoisotopic (exact) mass is 398 g/mol. The summed E-state index contributed by atoms with van der Waals surface area (Å²) in [6.07, 6.45) is 13.4. The quantitative estimate of drug-likeness (QED) is 0.437. The van der Waals surface area contributed by atoms with E-state index in [1.54, 1.807) is 9.15 Å². The van der Waals surface area contributed by atoms with Crippen LogP contribution in [0, 0.1) is 28.6 Å². The second kappa shape index (κ2) is 4.83. The van der Waals surface area contributed by atoms with Crippen molar-refractivity contribution in [2.75, 3.05) is 0 Å². The second-order valence-corrected chi connectivity index (χ2v) is 9.56. The number of rotatable bonds is 0. The molecule has 1 N–H and O–H groups in total. The third-order valence-electron chi connectivity index (χ3n) is 7.56. The molecule has 6 atom stereocenters. The predicted octanol–water partition coefficient (Wildman–Crippen LogP) is 5.24. The van der Waals surface area contributed by atoms with Crippen molar-refractivity contribution < 1.29 is 5.11 Å². The fraction of sp³-hybridized carbons (Fsp3) is 0.789. The van der Waals surface area contributed by atoms with Crippen molar-refractivity contribution in [1.82, 2.24) is 0 Å². The molecule has 0 spiro atoms. The Kier molecular flexibility index (Phi) is 3.39. The first-order valence-electron chi connectivity index (χ1n) is 8.69. The van der Waals surface area contributed by atoms with E-state index in [2.05, 4.69) is 48.6 Å². The second-order valence-electron chi connectivity index (χ2n) is 8.40. The van der Waals surface area contributed by atoms with Gasteiger partial charge in [0.15, 0.2) is 0 Å². The highest BCUT2D eigenvalue weighted by Gasteiger charge is 2.56. The molecule has 5 unspecified atom stereocenters. The van der Waals surface area contributed by atoms with Gasteiger partial charge in [0.25, 0.3) is 0 Å². The Morgan fingerprint density at radius 1 is 1.05 bits per heavy atom. The molecule has 0 aliphatic heterocycles. The van der Waals surface area contributed by atoms with E-state index in [-0.39, 0.29) is 6.10 Å². The van der Waals surface area contributed by atoms with Crippen LogP contribution in [0.1, 0.15) is 58.8 Å². The number of aliphatic hydroxyl groups excluding tert-OH is 1. The van der Waals surface area contributed by atoms with E-state index in [4.69, 9.17) is 0 Å². The van der Waals surface area contributed by atoms with E-state index >= 15 is 0 Å². The Morgan fingerprint density at radius 3 is 2.62 bits per heavy atom. The average molecular weight is 398 g/mol. The summed E-state index contributed by atoms with van der Waals surface area (Å²) >= 11 is 2.60. The minimum Gasteiger partial charge on any atom is -0.393 e. The zero-order valence-corrected chi connectivity index (χ0v) is 15.4. The summed E-state index contributed by atoms with van der Waals surface area (Å²) in [7, 11) is 0. The summed E-state index contributed by atoms with van der Waals surface area (Å²) in [4.78, 5) is 0. The van der Waals surface area contributed by atoms with Gasteiger partial charge in [0, 0.05) is 5.41 Å². The highest BCUT2D eigenvalue weighted by molar-refractivity contribution is 14.1. The lowest BCUT2D eigenvalue weighted by Crippen LogP contribution is -2.49. The maximum atomic E-state index is 10.0. The van der Waals surface area contributed by atoms with Crippen LogP contribution in [0.3, 0.4) is 0 Å². The van der Waals surface area contributed by atoms with E-state index in [1.165, 1.54) is 32.1 Å². The molecule has 0 saturated heterocycles. The standard InChI is InChI=1S/C19H27IO/c1-18-9-7-13(21)11-12(18)3-4-14-15-5-6-17(20)19(15,2)10-8-16(14)18/h3,6,13-16,21H,4-5,7-11H2,1-2H3/t13?,14?,15-,16?,18?,19?/m0/s1. The van der Waals surface area contributed by atoms with Crippen molar-refractivity contribution in [3.63, 3.8) is 0 Å². The molecule has 0 amide bonds. The minimum atomic E-state index is -0.0798. The van der Waals surface area contributed by atoms with E-state index in [0.717, 1.165) is 30.6 Å². The lowest BCUT2D eigenvalue weighted by Gasteiger charge is -2.57. The van der Waals surface area contributed by atoms with Gasteiger partial charge < -0.3 is 5.11 Å². The minimum absolute atomic E-state index is 0.0798. The Balaban J connectivity index is 1.68. The van der Waals surface area contributed by atoms with Gasteiger partial charge in [-0.1, -0.05) is 31.6 Å².